The smallest absolute Gasteiger partial charge is 0.253 e. The van der Waals surface area contributed by atoms with Crippen molar-refractivity contribution in [3.05, 3.63) is 191 Å². The number of nitrogens with one attached hydrogen (secondary N) is 2. The van der Waals surface area contributed by atoms with Gasteiger partial charge in [0.15, 0.2) is 0 Å². The fourth-order valence-electron chi connectivity index (χ4n) is 11.4. The first-order valence-corrected chi connectivity index (χ1v) is 29.6. The number of aryl methyl sites for hydroxylation is 4. The Morgan fingerprint density at radius 2 is 0.892 bits per heavy atom. The predicted molar refractivity (Wildman–Crippen MR) is 330 cm³/mol. The first-order chi connectivity index (χ1) is 40.6. The van der Waals surface area contributed by atoms with E-state index in [0.29, 0.717) is 43.2 Å². The number of carbonyl (C=O) groups excluding carboxylic acids is 2. The van der Waals surface area contributed by atoms with Gasteiger partial charge < -0.3 is 48.5 Å². The number of nitrogens with zero attached hydrogens (tertiary/aromatic N) is 6. The first-order valence-electron chi connectivity index (χ1n) is 29.6. The molecule has 0 atom stereocenters. The summed E-state index contributed by atoms with van der Waals surface area (Å²) in [5, 5.41) is 8.05. The van der Waals surface area contributed by atoms with Crippen LogP contribution in [0.2, 0.25) is 0 Å². The van der Waals surface area contributed by atoms with Crippen molar-refractivity contribution in [2.75, 3.05) is 106 Å². The largest absolute Gasteiger partial charge is 0.495 e. The second-order valence-electron chi connectivity index (χ2n) is 21.8. The molecule has 6 aromatic carbocycles. The van der Waals surface area contributed by atoms with Gasteiger partial charge >= 0.3 is 0 Å². The minimum absolute atomic E-state index is 0.0626. The maximum atomic E-state index is 13.3. The lowest BCUT2D eigenvalue weighted by Gasteiger charge is -2.22. The van der Waals surface area contributed by atoms with E-state index in [4.69, 9.17) is 18.9 Å². The van der Waals surface area contributed by atoms with Crippen LogP contribution >= 0.6 is 0 Å². The summed E-state index contributed by atoms with van der Waals surface area (Å²) in [6.45, 7) is 20.3. The van der Waals surface area contributed by atoms with Crippen molar-refractivity contribution in [3.63, 3.8) is 0 Å². The van der Waals surface area contributed by atoms with Gasteiger partial charge in [-0.25, -0.2) is 4.39 Å². The molecule has 2 saturated heterocycles. The second kappa shape index (κ2) is 30.6. The number of carbonyl (C=O) groups is 2. The molecule has 2 aliphatic heterocycles. The zero-order chi connectivity index (χ0) is 57.8. The van der Waals surface area contributed by atoms with E-state index >= 15 is 0 Å². The average molecular weight is 1130 g/mol. The van der Waals surface area contributed by atoms with Gasteiger partial charge in [-0.2, -0.15) is 0 Å². The van der Waals surface area contributed by atoms with E-state index < -0.39 is 0 Å². The number of para-hydroxylation sites is 3. The summed E-state index contributed by atoms with van der Waals surface area (Å²) in [6.07, 6.45) is 8.22. The number of halogens is 1. The van der Waals surface area contributed by atoms with Crippen molar-refractivity contribution in [3.8, 4) is 23.0 Å². The van der Waals surface area contributed by atoms with E-state index in [0.717, 1.165) is 167 Å². The predicted octanol–water partition coefficient (Wildman–Crippen LogP) is 10.9. The van der Waals surface area contributed by atoms with Gasteiger partial charge in [0.05, 0.1) is 36.4 Å². The third kappa shape index (κ3) is 17.2. The SMILES string of the molecule is COc1cccc2c(C(=O)NCc3cccc(C)c3)cn(CCCN3CCCN(CCOc4ccc(F)cc4)CC3)c12.COc1cccc2c(C(=O)NCc3cccc(C)c3)cn(CCCN3CCCN(CCOc4ccccc4)CC3)c12. The Hall–Kier alpha value is -7.69. The molecule has 0 radical (unpaired) electrons. The Morgan fingerprint density at radius 1 is 0.470 bits per heavy atom. The molecule has 0 unspecified atom stereocenters. The summed E-state index contributed by atoms with van der Waals surface area (Å²) in [4.78, 5) is 36.6. The standard InChI is InChI=1S/C34H41FN4O3.C34H42N4O3/c1-26-7-3-8-27(23-26)24-36-34(40)31-25-39(33-30(31)9-4-10-32(33)41-2)18-6-17-37-15-5-16-38(20-19-37)21-22-42-29-13-11-28(35)12-14-29;1-27-10-6-11-28(24-27)25-35-34(39)31-26-38(33-30(31)14-7-15-32(33)40-2)19-9-18-36-16-8-17-37(21-20-36)22-23-41-29-12-4-3-5-13-29/h3-4,7-14,23,25H,5-6,15-22,24H2,1-2H3,(H,36,40);3-7,10-15,24,26H,8-9,16-23,25H2,1-2H3,(H,35,39). The van der Waals surface area contributed by atoms with E-state index in [-0.39, 0.29) is 17.6 Å². The Bertz CT molecular complexity index is 3330. The van der Waals surface area contributed by atoms with Crippen LogP contribution < -0.4 is 29.6 Å². The van der Waals surface area contributed by atoms with Gasteiger partial charge in [-0.15, -0.1) is 0 Å². The van der Waals surface area contributed by atoms with Gasteiger partial charge in [0.25, 0.3) is 11.8 Å². The number of methoxy groups -OCH3 is 2. The molecule has 0 aliphatic carbocycles. The van der Waals surface area contributed by atoms with Crippen LogP contribution in [0.3, 0.4) is 0 Å². The van der Waals surface area contributed by atoms with Crippen molar-refractivity contribution in [1.82, 2.24) is 39.4 Å². The second-order valence-corrected chi connectivity index (χ2v) is 21.8. The molecule has 2 amide bonds. The third-order valence-electron chi connectivity index (χ3n) is 15.7. The normalized spacial score (nSPS) is 14.6. The lowest BCUT2D eigenvalue weighted by atomic mass is 10.1. The van der Waals surface area contributed by atoms with E-state index in [9.17, 15) is 14.0 Å². The van der Waals surface area contributed by atoms with Crippen molar-refractivity contribution < 1.29 is 32.9 Å². The summed E-state index contributed by atoms with van der Waals surface area (Å²) in [7, 11) is 3.37. The highest BCUT2D eigenvalue weighted by Gasteiger charge is 2.22. The lowest BCUT2D eigenvalue weighted by Crippen LogP contribution is -2.33. The van der Waals surface area contributed by atoms with Crippen molar-refractivity contribution in [2.45, 2.75) is 65.7 Å². The van der Waals surface area contributed by atoms with Crippen LogP contribution in [-0.2, 0) is 26.2 Å². The van der Waals surface area contributed by atoms with Crippen molar-refractivity contribution in [2.24, 2.45) is 0 Å². The quantitative estimate of drug-likeness (QED) is 0.0606. The molecule has 4 heterocycles. The lowest BCUT2D eigenvalue weighted by molar-refractivity contribution is 0.0944. The summed E-state index contributed by atoms with van der Waals surface area (Å²) < 4.78 is 40.6. The van der Waals surface area contributed by atoms with Crippen molar-refractivity contribution in [1.29, 1.82) is 0 Å². The molecule has 2 aliphatic rings. The van der Waals surface area contributed by atoms with Gasteiger partial charge in [-0.05, 0) is 138 Å². The summed E-state index contributed by atoms with van der Waals surface area (Å²) in [5.41, 5.74) is 7.85. The number of fused-ring (bicyclic) bond motifs is 2. The van der Waals surface area contributed by atoms with Gasteiger partial charge in [0, 0.05) is 88.6 Å². The maximum Gasteiger partial charge on any atom is 0.253 e. The van der Waals surface area contributed by atoms with Gasteiger partial charge in [-0.3, -0.25) is 19.4 Å². The van der Waals surface area contributed by atoms with Crippen LogP contribution in [0.1, 0.15) is 68.7 Å². The van der Waals surface area contributed by atoms with Crippen LogP contribution in [-0.4, -0.2) is 147 Å². The molecule has 438 valence electrons. The molecule has 2 fully saturated rings. The number of ether oxygens (including phenoxy) is 4. The molecule has 15 heteroatoms. The Balaban J connectivity index is 0.000000200. The van der Waals surface area contributed by atoms with E-state index in [1.54, 1.807) is 26.4 Å². The average Bonchev–Trinajstić information content (AvgIpc) is 4.06. The van der Waals surface area contributed by atoms with Gasteiger partial charge in [0.2, 0.25) is 0 Å². The van der Waals surface area contributed by atoms with E-state index in [2.05, 4.69) is 77.5 Å². The number of aromatic nitrogens is 2. The highest BCUT2D eigenvalue weighted by atomic mass is 19.1. The van der Waals surface area contributed by atoms with Crippen LogP contribution in [0, 0.1) is 19.7 Å². The molecular formula is C68H83FN8O6. The van der Waals surface area contributed by atoms with Crippen molar-refractivity contribution >= 4 is 33.6 Å². The number of rotatable bonds is 24. The molecule has 83 heavy (non-hydrogen) atoms. The van der Waals surface area contributed by atoms with Gasteiger partial charge in [0.1, 0.15) is 42.0 Å². The minimum atomic E-state index is -0.251. The topological polar surface area (TPSA) is 118 Å². The summed E-state index contributed by atoms with van der Waals surface area (Å²) in [6, 6.07) is 44.5. The molecule has 2 aromatic heterocycles. The fraction of sp³-hybridized carbons (Fsp3) is 0.382. The first kappa shape index (κ1) is 59.9. The molecule has 10 rings (SSSR count). The number of hydrogen-bond acceptors (Lipinski definition) is 10. The third-order valence-corrected chi connectivity index (χ3v) is 15.7. The highest BCUT2D eigenvalue weighted by Crippen LogP contribution is 2.32. The summed E-state index contributed by atoms with van der Waals surface area (Å²) in [5.74, 6) is 2.82. The molecule has 0 spiro atoms. The molecule has 0 bridgehead atoms. The van der Waals surface area contributed by atoms with E-state index in [1.165, 1.54) is 23.3 Å². The molecule has 2 N–H and O–H groups in total. The number of hydrogen-bond donors (Lipinski definition) is 2. The molecule has 14 nitrogen and oxygen atoms in total. The van der Waals surface area contributed by atoms with Crippen LogP contribution in [0.5, 0.6) is 23.0 Å². The monoisotopic (exact) mass is 1130 g/mol. The van der Waals surface area contributed by atoms with Crippen LogP contribution in [0.4, 0.5) is 4.39 Å². The Kier molecular flexibility index (Phi) is 22.1. The zero-order valence-electron chi connectivity index (χ0n) is 49.0. The molecular weight excluding hydrogens is 1040 g/mol. The Morgan fingerprint density at radius 3 is 1.33 bits per heavy atom. The highest BCUT2D eigenvalue weighted by molar-refractivity contribution is 6.09. The Labute approximate surface area is 489 Å². The van der Waals surface area contributed by atoms with E-state index in [1.807, 2.05) is 103 Å². The van der Waals surface area contributed by atoms with Crippen LogP contribution in [0.15, 0.2) is 152 Å². The molecule has 8 aromatic rings. The van der Waals surface area contributed by atoms with Gasteiger partial charge in [-0.1, -0.05) is 102 Å². The maximum absolute atomic E-state index is 13.3. The zero-order valence-corrected chi connectivity index (χ0v) is 49.0. The molecule has 0 saturated carbocycles. The minimum Gasteiger partial charge on any atom is -0.495 e. The fourth-order valence-corrected chi connectivity index (χ4v) is 11.4. The number of amides is 2. The number of benzene rings is 6. The van der Waals surface area contributed by atoms with Crippen LogP contribution in [0.25, 0.3) is 21.8 Å². The summed E-state index contributed by atoms with van der Waals surface area (Å²) >= 11 is 0.